The molecule has 41 heavy (non-hydrogen) atoms. The van der Waals surface area contributed by atoms with Crippen molar-refractivity contribution < 1.29 is 23.0 Å². The summed E-state index contributed by atoms with van der Waals surface area (Å²) >= 11 is 0. The summed E-state index contributed by atoms with van der Waals surface area (Å²) in [6.45, 7) is 3.91. The summed E-state index contributed by atoms with van der Waals surface area (Å²) in [4.78, 5) is 21.2. The van der Waals surface area contributed by atoms with Gasteiger partial charge in [0, 0.05) is 62.6 Å². The highest BCUT2D eigenvalue weighted by atomic mass is 19.3. The molecule has 0 aliphatic carbocycles. The van der Waals surface area contributed by atoms with E-state index in [9.17, 15) is 4.79 Å². The third-order valence-electron chi connectivity index (χ3n) is 9.11. The third-order valence-corrected chi connectivity index (χ3v) is 9.11. The molecule has 3 aromatic rings. The lowest BCUT2D eigenvalue weighted by Crippen LogP contribution is -2.46. The first-order valence-electron chi connectivity index (χ1n) is 14.8. The molecule has 3 saturated heterocycles. The fourth-order valence-electron chi connectivity index (χ4n) is 6.83. The Hall–Kier alpha value is -3.14. The van der Waals surface area contributed by atoms with E-state index in [2.05, 4.69) is 28.5 Å². The van der Waals surface area contributed by atoms with Gasteiger partial charge in [0.1, 0.15) is 5.75 Å². The number of hydrogen-bond donors (Lipinski definition) is 1. The van der Waals surface area contributed by atoms with Crippen molar-refractivity contribution in [1.29, 1.82) is 0 Å². The highest BCUT2D eigenvalue weighted by Gasteiger charge is 2.50. The van der Waals surface area contributed by atoms with Gasteiger partial charge in [0.05, 0.1) is 12.2 Å². The summed E-state index contributed by atoms with van der Waals surface area (Å²) in [6, 6.07) is 13.8. The summed E-state index contributed by atoms with van der Waals surface area (Å²) < 4.78 is 41.6. The van der Waals surface area contributed by atoms with Crippen molar-refractivity contribution in [2.45, 2.75) is 62.8 Å². The SMILES string of the molecule is O=C1c2ccc(O[C@@H]3CN(Cc4cc5ccc(C6CCOCC6)cc5cn4)CC3(F)F)cc2CN1[C@H]1CCCNC1. The number of halogens is 2. The smallest absolute Gasteiger partial charge is 0.297 e. The fourth-order valence-corrected chi connectivity index (χ4v) is 6.83. The number of aromatic nitrogens is 1. The van der Waals surface area contributed by atoms with Gasteiger partial charge in [-0.25, -0.2) is 8.78 Å². The van der Waals surface area contributed by atoms with Gasteiger partial charge in [-0.2, -0.15) is 0 Å². The maximum Gasteiger partial charge on any atom is 0.297 e. The normalized spacial score (nSPS) is 25.1. The Kier molecular flexibility index (Phi) is 7.13. The molecular formula is C32H36F2N4O3. The van der Waals surface area contributed by atoms with Gasteiger partial charge in [-0.1, -0.05) is 12.1 Å². The predicted molar refractivity (Wildman–Crippen MR) is 151 cm³/mol. The van der Waals surface area contributed by atoms with Gasteiger partial charge in [-0.3, -0.25) is 14.7 Å². The maximum atomic E-state index is 15.1. The van der Waals surface area contributed by atoms with Gasteiger partial charge in [0.25, 0.3) is 11.8 Å². The van der Waals surface area contributed by atoms with Gasteiger partial charge in [0.15, 0.2) is 6.10 Å². The van der Waals surface area contributed by atoms with E-state index >= 15 is 8.78 Å². The highest BCUT2D eigenvalue weighted by molar-refractivity contribution is 5.98. The Morgan fingerprint density at radius 2 is 1.95 bits per heavy atom. The van der Waals surface area contributed by atoms with E-state index in [1.165, 1.54) is 5.56 Å². The lowest BCUT2D eigenvalue weighted by Gasteiger charge is -2.31. The van der Waals surface area contributed by atoms with Crippen LogP contribution in [0.15, 0.2) is 48.7 Å². The van der Waals surface area contributed by atoms with Crippen LogP contribution >= 0.6 is 0 Å². The quantitative estimate of drug-likeness (QED) is 0.469. The molecule has 7 nitrogen and oxygen atoms in total. The molecule has 0 bridgehead atoms. The number of likely N-dealkylation sites (tertiary alicyclic amines) is 1. The predicted octanol–water partition coefficient (Wildman–Crippen LogP) is 4.74. The van der Waals surface area contributed by atoms with Gasteiger partial charge in [-0.15, -0.1) is 0 Å². The second-order valence-electron chi connectivity index (χ2n) is 12.0. The number of benzene rings is 2. The molecule has 1 amide bonds. The zero-order chi connectivity index (χ0) is 28.0. The maximum absolute atomic E-state index is 15.1. The molecule has 7 rings (SSSR count). The number of hydrogen-bond acceptors (Lipinski definition) is 6. The van der Waals surface area contributed by atoms with Crippen molar-refractivity contribution in [3.05, 3.63) is 71.0 Å². The van der Waals surface area contributed by atoms with Crippen LogP contribution in [0.3, 0.4) is 0 Å². The van der Waals surface area contributed by atoms with Crippen LogP contribution in [-0.4, -0.2) is 78.2 Å². The van der Waals surface area contributed by atoms with Gasteiger partial charge >= 0.3 is 0 Å². The van der Waals surface area contributed by atoms with Crippen LogP contribution in [-0.2, 0) is 17.8 Å². The molecule has 5 heterocycles. The largest absolute Gasteiger partial charge is 0.483 e. The number of fused-ring (bicyclic) bond motifs is 2. The monoisotopic (exact) mass is 562 g/mol. The van der Waals surface area contributed by atoms with Crippen molar-refractivity contribution in [1.82, 2.24) is 20.1 Å². The van der Waals surface area contributed by atoms with Crippen LogP contribution in [0.5, 0.6) is 5.75 Å². The first kappa shape index (κ1) is 26.7. The van der Waals surface area contributed by atoms with Crippen LogP contribution in [0.4, 0.5) is 8.78 Å². The Bertz CT molecular complexity index is 1440. The van der Waals surface area contributed by atoms with Crippen molar-refractivity contribution >= 4 is 16.7 Å². The average Bonchev–Trinajstić information content (AvgIpc) is 3.47. The Labute approximate surface area is 238 Å². The van der Waals surface area contributed by atoms with Crippen molar-refractivity contribution in [3.63, 3.8) is 0 Å². The average molecular weight is 563 g/mol. The van der Waals surface area contributed by atoms with E-state index in [1.54, 1.807) is 23.1 Å². The summed E-state index contributed by atoms with van der Waals surface area (Å²) in [7, 11) is 0. The Morgan fingerprint density at radius 1 is 1.07 bits per heavy atom. The van der Waals surface area contributed by atoms with Crippen LogP contribution in [0.25, 0.3) is 10.8 Å². The first-order chi connectivity index (χ1) is 19.9. The minimum Gasteiger partial charge on any atom is -0.483 e. The second kappa shape index (κ2) is 10.9. The molecule has 0 radical (unpaired) electrons. The molecule has 0 spiro atoms. The van der Waals surface area contributed by atoms with E-state index in [4.69, 9.17) is 9.47 Å². The van der Waals surface area contributed by atoms with Crippen LogP contribution in [0, 0.1) is 0 Å². The van der Waals surface area contributed by atoms with Crippen LogP contribution in [0.2, 0.25) is 0 Å². The molecule has 1 N–H and O–H groups in total. The first-order valence-corrected chi connectivity index (χ1v) is 14.8. The van der Waals surface area contributed by atoms with E-state index < -0.39 is 12.0 Å². The number of alkyl halides is 2. The standard InChI is InChI=1S/C32H36F2N4O3/c33-32(34)20-37(18-26-13-23-4-3-22(12-24(23)15-36-26)21-7-10-40-11-8-21)19-30(32)41-28-5-6-29-25(14-28)17-38(31(29)39)27-2-1-9-35-16-27/h3-6,12-15,21,27,30,35H,1-2,7-11,16-20H2/t27-,30+/m0/s1. The molecule has 0 unspecified atom stereocenters. The number of amides is 1. The number of nitrogens with one attached hydrogen (secondary N) is 1. The lowest BCUT2D eigenvalue weighted by molar-refractivity contribution is -0.0621. The van der Waals surface area contributed by atoms with Crippen molar-refractivity contribution in [2.75, 3.05) is 39.4 Å². The minimum absolute atomic E-state index is 0.0142. The van der Waals surface area contributed by atoms with Crippen LogP contribution < -0.4 is 10.1 Å². The Morgan fingerprint density at radius 3 is 2.78 bits per heavy atom. The molecule has 0 saturated carbocycles. The lowest BCUT2D eigenvalue weighted by atomic mass is 9.90. The number of carbonyl (C=O) groups is 1. The summed E-state index contributed by atoms with van der Waals surface area (Å²) in [5.41, 5.74) is 3.56. The van der Waals surface area contributed by atoms with Crippen LogP contribution in [0.1, 0.15) is 58.8 Å². The topological polar surface area (TPSA) is 66.9 Å². The molecule has 9 heteroatoms. The highest BCUT2D eigenvalue weighted by Crippen LogP contribution is 2.35. The molecule has 2 aromatic carbocycles. The number of piperidine rings is 1. The number of pyridine rings is 1. The molecular weight excluding hydrogens is 526 g/mol. The van der Waals surface area contributed by atoms with Gasteiger partial charge in [-0.05, 0) is 85.0 Å². The summed E-state index contributed by atoms with van der Waals surface area (Å²) in [5.74, 6) is -2.09. The van der Waals surface area contributed by atoms with Crippen molar-refractivity contribution in [3.8, 4) is 5.75 Å². The molecule has 216 valence electrons. The summed E-state index contributed by atoms with van der Waals surface area (Å²) in [5, 5.41) is 5.49. The number of ether oxygens (including phenoxy) is 2. The third kappa shape index (κ3) is 5.43. The van der Waals surface area contributed by atoms with Crippen molar-refractivity contribution in [2.24, 2.45) is 0 Å². The van der Waals surface area contributed by atoms with Gasteiger partial charge in [0.2, 0.25) is 0 Å². The number of carbonyl (C=O) groups excluding carboxylic acids is 1. The fraction of sp³-hybridized carbons (Fsp3) is 0.500. The molecule has 4 aliphatic rings. The molecule has 2 atom stereocenters. The van der Waals surface area contributed by atoms with E-state index in [0.29, 0.717) is 30.3 Å². The van der Waals surface area contributed by atoms with E-state index in [1.807, 2.05) is 17.2 Å². The number of nitrogens with zero attached hydrogens (tertiary/aromatic N) is 3. The second-order valence-corrected chi connectivity index (χ2v) is 12.0. The van der Waals surface area contributed by atoms with E-state index in [-0.39, 0.29) is 25.0 Å². The molecule has 1 aromatic heterocycles. The molecule has 4 aliphatic heterocycles. The summed E-state index contributed by atoms with van der Waals surface area (Å²) in [6.07, 6.45) is 4.67. The Balaban J connectivity index is 1.00. The van der Waals surface area contributed by atoms with E-state index in [0.717, 1.165) is 74.0 Å². The van der Waals surface area contributed by atoms with Gasteiger partial charge < -0.3 is 19.7 Å². The molecule has 3 fully saturated rings. The zero-order valence-electron chi connectivity index (χ0n) is 23.2. The number of rotatable bonds is 6. The zero-order valence-corrected chi connectivity index (χ0v) is 23.2. The minimum atomic E-state index is -3.00.